The average Bonchev–Trinajstić information content (AvgIpc) is 3.40. The average molecular weight is 723 g/mol. The second kappa shape index (κ2) is 24.3. The van der Waals surface area contributed by atoms with Crippen LogP contribution in [0.1, 0.15) is 64.7 Å². The number of nitrogens with zero attached hydrogens (tertiary/aromatic N) is 3. The van der Waals surface area contributed by atoms with E-state index in [4.69, 9.17) is 38.5 Å². The molecule has 1 aromatic heterocycles. The largest absolute Gasteiger partial charge is 0.494 e. The predicted molar refractivity (Wildman–Crippen MR) is 194 cm³/mol. The number of methoxy groups -OCH3 is 1. The van der Waals surface area contributed by atoms with Crippen molar-refractivity contribution in [2.24, 2.45) is 0 Å². The molecule has 15 heteroatoms. The molecule has 1 atom stereocenters. The fraction of sp³-hybridized carbons (Fsp3) is 0.750. The van der Waals surface area contributed by atoms with E-state index in [9.17, 15) is 4.39 Å². The van der Waals surface area contributed by atoms with E-state index in [1.807, 2.05) is 0 Å². The van der Waals surface area contributed by atoms with Crippen LogP contribution in [0.2, 0.25) is 0 Å². The zero-order chi connectivity index (χ0) is 35.9. The van der Waals surface area contributed by atoms with E-state index in [1.54, 1.807) is 17.0 Å². The lowest BCUT2D eigenvalue weighted by atomic mass is 10.0. The van der Waals surface area contributed by atoms with Gasteiger partial charge >= 0.3 is 0 Å². The highest BCUT2D eigenvalue weighted by Gasteiger charge is 2.27. The number of nitrogens with one attached hydrogen (secondary N) is 4. The van der Waals surface area contributed by atoms with Crippen molar-refractivity contribution in [1.82, 2.24) is 15.0 Å². The Morgan fingerprint density at radius 1 is 0.725 bits per heavy atom. The van der Waals surface area contributed by atoms with Crippen molar-refractivity contribution in [3.8, 4) is 5.75 Å². The number of aliphatic hydroxyl groups excluding tert-OH is 1. The third-order valence-electron chi connectivity index (χ3n) is 9.31. The van der Waals surface area contributed by atoms with Crippen LogP contribution < -0.4 is 25.6 Å². The van der Waals surface area contributed by atoms with Gasteiger partial charge in [-0.05, 0) is 31.9 Å². The van der Waals surface area contributed by atoms with E-state index in [0.29, 0.717) is 102 Å². The first-order valence-electron chi connectivity index (χ1n) is 18.8. The van der Waals surface area contributed by atoms with Gasteiger partial charge in [0.2, 0.25) is 17.8 Å². The molecule has 51 heavy (non-hydrogen) atoms. The Balaban J connectivity index is 1.13. The minimum absolute atomic E-state index is 0.0252. The van der Waals surface area contributed by atoms with Gasteiger partial charge in [0.15, 0.2) is 11.6 Å². The van der Waals surface area contributed by atoms with Gasteiger partial charge in [0, 0.05) is 43.1 Å². The summed E-state index contributed by atoms with van der Waals surface area (Å²) in [6.45, 7) is 9.61. The molecule has 2 aliphatic rings. The summed E-state index contributed by atoms with van der Waals surface area (Å²) in [5, 5.41) is 18.9. The van der Waals surface area contributed by atoms with Gasteiger partial charge in [-0.2, -0.15) is 15.0 Å². The van der Waals surface area contributed by atoms with E-state index in [0.717, 1.165) is 45.2 Å². The van der Waals surface area contributed by atoms with Crippen molar-refractivity contribution in [3.63, 3.8) is 0 Å². The number of benzene rings is 1. The molecule has 4 rings (SSSR count). The number of likely N-dealkylation sites (tertiary alicyclic amines) is 1. The van der Waals surface area contributed by atoms with Crippen molar-refractivity contribution >= 4 is 23.5 Å². The van der Waals surface area contributed by atoms with E-state index >= 15 is 0 Å². The van der Waals surface area contributed by atoms with Gasteiger partial charge in [0.25, 0.3) is 0 Å². The highest BCUT2D eigenvalue weighted by Crippen LogP contribution is 2.25. The van der Waals surface area contributed by atoms with Crippen molar-refractivity contribution < 1.29 is 42.8 Å². The zero-order valence-corrected chi connectivity index (χ0v) is 30.6. The Morgan fingerprint density at radius 2 is 1.24 bits per heavy atom. The normalized spacial score (nSPS) is 19.0. The molecule has 2 heterocycles. The smallest absolute Gasteiger partial charge is 0.233 e. The molecule has 14 nitrogen and oxygen atoms in total. The van der Waals surface area contributed by atoms with Crippen LogP contribution in [0.3, 0.4) is 0 Å². The van der Waals surface area contributed by atoms with Gasteiger partial charge in [-0.3, -0.25) is 0 Å². The number of aliphatic hydroxyl groups is 1. The number of aromatic nitrogens is 3. The molecule has 0 bridgehead atoms. The van der Waals surface area contributed by atoms with Gasteiger partial charge in [0.05, 0.1) is 98.9 Å². The first kappa shape index (κ1) is 40.8. The number of rotatable bonds is 25. The summed E-state index contributed by atoms with van der Waals surface area (Å²) < 4.78 is 46.9. The highest BCUT2D eigenvalue weighted by atomic mass is 19.1. The third-order valence-corrected chi connectivity index (χ3v) is 9.31. The summed E-state index contributed by atoms with van der Waals surface area (Å²) in [5.74, 6) is 1.15. The van der Waals surface area contributed by atoms with E-state index < -0.39 is 5.82 Å². The van der Waals surface area contributed by atoms with Gasteiger partial charge in [-0.1, -0.05) is 25.7 Å². The van der Waals surface area contributed by atoms with Crippen LogP contribution in [-0.4, -0.2) is 131 Å². The standard InChI is InChI=1S/C36H60FN7O7/c1-28(13-17-47-19-21-49-23-25-51-26-24-50-22-20-48-18-16-45)44-14-11-30(12-15-44)39-35-41-34(38-29-7-5-3-4-6-8-29)42-36(43-35)40-31-9-10-33(46-2)32(37)27-31/h9-10,27-30,45H,3-8,11-26H2,1-2H3,(H3,38,39,40,41,42,43)/p+1. The molecule has 1 aromatic carbocycles. The van der Waals surface area contributed by atoms with Crippen LogP contribution in [0.15, 0.2) is 18.2 Å². The Morgan fingerprint density at radius 3 is 1.76 bits per heavy atom. The van der Waals surface area contributed by atoms with Crippen LogP contribution in [0.25, 0.3) is 0 Å². The molecule has 5 N–H and O–H groups in total. The highest BCUT2D eigenvalue weighted by molar-refractivity contribution is 5.57. The van der Waals surface area contributed by atoms with Gasteiger partial charge in [-0.25, -0.2) is 4.39 Å². The maximum absolute atomic E-state index is 14.4. The minimum Gasteiger partial charge on any atom is -0.494 e. The van der Waals surface area contributed by atoms with Gasteiger partial charge in [-0.15, -0.1) is 0 Å². The third kappa shape index (κ3) is 16.1. The van der Waals surface area contributed by atoms with Crippen LogP contribution in [0.4, 0.5) is 27.9 Å². The number of halogens is 1. The minimum atomic E-state index is -0.453. The molecule has 1 saturated carbocycles. The maximum Gasteiger partial charge on any atom is 0.233 e. The summed E-state index contributed by atoms with van der Waals surface area (Å²) in [7, 11) is 1.45. The lowest BCUT2D eigenvalue weighted by Crippen LogP contribution is -3.16. The Kier molecular flexibility index (Phi) is 19.5. The quantitative estimate of drug-likeness (QED) is 0.0754. The Bertz CT molecular complexity index is 1220. The molecule has 0 amide bonds. The zero-order valence-electron chi connectivity index (χ0n) is 30.6. The van der Waals surface area contributed by atoms with Crippen LogP contribution >= 0.6 is 0 Å². The molecule has 1 saturated heterocycles. The van der Waals surface area contributed by atoms with Crippen LogP contribution in [0, 0.1) is 5.82 Å². The molecule has 2 aromatic rings. The Labute approximate surface area is 302 Å². The SMILES string of the molecule is COc1ccc(Nc2nc(NC3CCCCCC3)nc(NC3CC[NH+](C(C)CCOCCOCCOCCOCCOCCO)CC3)n2)cc1F. The second-order valence-electron chi connectivity index (χ2n) is 13.2. The summed E-state index contributed by atoms with van der Waals surface area (Å²) in [6.07, 6.45) is 10.1. The van der Waals surface area contributed by atoms with Crippen LogP contribution in [-0.2, 0) is 23.7 Å². The van der Waals surface area contributed by atoms with E-state index in [-0.39, 0.29) is 18.4 Å². The summed E-state index contributed by atoms with van der Waals surface area (Å²) >= 11 is 0. The van der Waals surface area contributed by atoms with Gasteiger partial charge in [0.1, 0.15) is 0 Å². The lowest BCUT2D eigenvalue weighted by molar-refractivity contribution is -0.928. The molecule has 288 valence electrons. The molecule has 1 aliphatic carbocycles. The van der Waals surface area contributed by atoms with Crippen molar-refractivity contribution in [3.05, 3.63) is 24.0 Å². The lowest BCUT2D eigenvalue weighted by Gasteiger charge is -2.33. The number of piperidine rings is 1. The van der Waals surface area contributed by atoms with Crippen molar-refractivity contribution in [2.75, 3.05) is 109 Å². The van der Waals surface area contributed by atoms with Crippen molar-refractivity contribution in [2.45, 2.75) is 82.8 Å². The van der Waals surface area contributed by atoms with E-state index in [2.05, 4.69) is 32.8 Å². The molecular weight excluding hydrogens is 661 g/mol. The van der Waals surface area contributed by atoms with Crippen LogP contribution in [0.5, 0.6) is 5.75 Å². The first-order valence-corrected chi connectivity index (χ1v) is 18.8. The number of quaternary nitrogens is 1. The fourth-order valence-corrected chi connectivity index (χ4v) is 6.36. The molecule has 2 fully saturated rings. The summed E-state index contributed by atoms with van der Waals surface area (Å²) in [4.78, 5) is 15.7. The summed E-state index contributed by atoms with van der Waals surface area (Å²) in [6, 6.07) is 5.78. The second-order valence-corrected chi connectivity index (χ2v) is 13.2. The molecular formula is C36H61FN7O7+. The monoisotopic (exact) mass is 722 g/mol. The molecule has 0 spiro atoms. The molecule has 1 aliphatic heterocycles. The van der Waals surface area contributed by atoms with Gasteiger partial charge < -0.3 is 54.4 Å². The topological polar surface area (TPSA) is 155 Å². The molecule has 1 unspecified atom stereocenters. The predicted octanol–water partition coefficient (Wildman–Crippen LogP) is 3.21. The van der Waals surface area contributed by atoms with E-state index in [1.165, 1.54) is 38.9 Å². The summed E-state index contributed by atoms with van der Waals surface area (Å²) in [5.41, 5.74) is 0.537. The maximum atomic E-state index is 14.4. The number of ether oxygens (including phenoxy) is 6. The number of hydrogen-bond donors (Lipinski definition) is 5. The fourth-order valence-electron chi connectivity index (χ4n) is 6.36. The Hall–Kier alpha value is -2.92. The number of anilines is 4. The number of hydrogen-bond acceptors (Lipinski definition) is 13. The first-order chi connectivity index (χ1) is 25.0. The molecule has 0 radical (unpaired) electrons. The van der Waals surface area contributed by atoms with Crippen molar-refractivity contribution in [1.29, 1.82) is 0 Å².